The van der Waals surface area contributed by atoms with Crippen LogP contribution in [0.3, 0.4) is 0 Å². The van der Waals surface area contributed by atoms with Gasteiger partial charge in [-0.15, -0.1) is 0 Å². The summed E-state index contributed by atoms with van der Waals surface area (Å²) in [6.45, 7) is 14.5. The van der Waals surface area contributed by atoms with Crippen molar-refractivity contribution in [2.45, 2.75) is 68.8 Å². The summed E-state index contributed by atoms with van der Waals surface area (Å²) in [5.41, 5.74) is 8.89. The number of para-hydroxylation sites is 1. The Morgan fingerprint density at radius 1 is 0.373 bits per heavy atom. The Bertz CT molecular complexity index is 2820. The van der Waals surface area contributed by atoms with E-state index in [0.29, 0.717) is 0 Å². The molecule has 1 nitrogen and oxygen atoms in total. The molecule has 294 valence electrons. The van der Waals surface area contributed by atoms with Gasteiger partial charge in [0.15, 0.2) is 0 Å². The van der Waals surface area contributed by atoms with Gasteiger partial charge in [0.25, 0.3) is 0 Å². The van der Waals surface area contributed by atoms with Crippen LogP contribution in [0.25, 0.3) is 54.2 Å². The van der Waals surface area contributed by atoms with Gasteiger partial charge in [0.05, 0.1) is 5.69 Å². The van der Waals surface area contributed by atoms with Crippen molar-refractivity contribution in [1.82, 2.24) is 0 Å². The number of benzene rings is 9. The molecule has 9 aromatic carbocycles. The molecule has 0 saturated heterocycles. The van der Waals surface area contributed by atoms with Crippen molar-refractivity contribution in [2.24, 2.45) is 0 Å². The third-order valence-electron chi connectivity index (χ3n) is 13.0. The van der Waals surface area contributed by atoms with E-state index >= 15 is 0 Å². The predicted octanol–water partition coefficient (Wildman–Crippen LogP) is 16.6. The zero-order valence-electron chi connectivity index (χ0n) is 35.6. The topological polar surface area (TPSA) is 3.24 Å². The minimum atomic E-state index is -1.20. The first-order valence-corrected chi connectivity index (χ1v) is 23.1. The summed E-state index contributed by atoms with van der Waals surface area (Å²) in [6.07, 6.45) is 4.50. The fourth-order valence-corrected chi connectivity index (χ4v) is 13.7. The maximum Gasteiger partial charge on any atom is 0.0618 e. The monoisotopic (exact) mass is 785 g/mol. The number of hydrogen-bond acceptors (Lipinski definition) is 1. The molecule has 59 heavy (non-hydrogen) atoms. The molecule has 0 aliphatic heterocycles. The average molecular weight is 786 g/mol. The second-order valence-electron chi connectivity index (χ2n) is 18.1. The van der Waals surface area contributed by atoms with Crippen molar-refractivity contribution >= 4 is 70.2 Å². The zero-order valence-corrected chi connectivity index (χ0v) is 36.4. The van der Waals surface area contributed by atoms with E-state index in [1.807, 2.05) is 0 Å². The van der Waals surface area contributed by atoms with Crippen LogP contribution in [0.4, 0.5) is 17.1 Å². The summed E-state index contributed by atoms with van der Waals surface area (Å²) in [5, 5.41) is 10.2. The molecule has 0 aliphatic carbocycles. The molecular formula is C57H55NS. The average Bonchev–Trinajstić information content (AvgIpc) is 3.25. The lowest BCUT2D eigenvalue weighted by Crippen LogP contribution is -2.37. The van der Waals surface area contributed by atoms with Gasteiger partial charge in [-0.2, -0.15) is 0 Å². The Labute approximate surface area is 352 Å². The molecule has 0 amide bonds. The van der Waals surface area contributed by atoms with Crippen LogP contribution in [-0.2, 0) is 12.8 Å². The molecule has 0 aromatic heterocycles. The molecule has 9 aromatic rings. The fraction of sp³-hybridized carbons (Fsp3) is 0.193. The molecule has 0 fully saturated rings. The van der Waals surface area contributed by atoms with E-state index in [9.17, 15) is 0 Å². The van der Waals surface area contributed by atoms with Gasteiger partial charge in [-0.3, -0.25) is 0 Å². The van der Waals surface area contributed by atoms with Gasteiger partial charge >= 0.3 is 0 Å². The molecule has 9 rings (SSSR count). The number of fused-ring (bicyclic) bond motifs is 4. The molecule has 0 unspecified atom stereocenters. The van der Waals surface area contributed by atoms with Crippen molar-refractivity contribution in [2.75, 3.05) is 11.2 Å². The van der Waals surface area contributed by atoms with Crippen LogP contribution in [0.1, 0.15) is 52.7 Å². The number of rotatable bonds is 8. The molecule has 0 N–H and O–H groups in total. The fourth-order valence-electron chi connectivity index (χ4n) is 9.76. The number of aryl methyl sites for hydroxylation is 2. The van der Waals surface area contributed by atoms with Gasteiger partial charge in [0, 0.05) is 22.1 Å². The minimum Gasteiger partial charge on any atom is -0.309 e. The van der Waals surface area contributed by atoms with Crippen molar-refractivity contribution in [1.29, 1.82) is 0 Å². The zero-order chi connectivity index (χ0) is 40.9. The summed E-state index contributed by atoms with van der Waals surface area (Å²) in [6, 6.07) is 67.9. The van der Waals surface area contributed by atoms with E-state index in [-0.39, 0.29) is 9.49 Å². The summed E-state index contributed by atoms with van der Waals surface area (Å²) in [7, 11) is -1.20. The van der Waals surface area contributed by atoms with Crippen molar-refractivity contribution < 1.29 is 0 Å². The maximum atomic E-state index is 2.53. The summed E-state index contributed by atoms with van der Waals surface area (Å²) in [5.74, 6) is 0. The number of anilines is 3. The highest BCUT2D eigenvalue weighted by Crippen LogP contribution is 2.70. The van der Waals surface area contributed by atoms with Crippen LogP contribution in [0.15, 0.2) is 187 Å². The molecule has 0 saturated carbocycles. The largest absolute Gasteiger partial charge is 0.309 e. The molecule has 0 atom stereocenters. The number of hydrogen-bond donors (Lipinski definition) is 0. The first kappa shape index (κ1) is 38.7. The standard InChI is InChI=1S/C57H55NS/c1-56(2,3)59(7,57(4,5)6)43-37-35-42(36-38-43)58(41-24-12-9-13-25-41)55-51-32-20-18-30-49(51)54(50-31-19-21-33-52(50)55)53-47-28-16-14-26-44(47)46(45-27-15-17-29-48(45)53)39-34-40-22-10-8-11-23-40/h8-33,35-38H,34,39H2,1-7H3. The Morgan fingerprint density at radius 3 is 1.17 bits per heavy atom. The van der Waals surface area contributed by atoms with E-state index in [1.165, 1.54) is 75.9 Å². The van der Waals surface area contributed by atoms with E-state index in [1.54, 1.807) is 0 Å². The molecule has 0 bridgehead atoms. The summed E-state index contributed by atoms with van der Waals surface area (Å²) >= 11 is 0. The second kappa shape index (κ2) is 15.1. The van der Waals surface area contributed by atoms with E-state index in [0.717, 1.165) is 24.2 Å². The molecule has 0 radical (unpaired) electrons. The second-order valence-corrected chi connectivity index (χ2v) is 22.8. The Morgan fingerprint density at radius 2 is 0.729 bits per heavy atom. The summed E-state index contributed by atoms with van der Waals surface area (Å²) < 4.78 is 0.283. The molecular weight excluding hydrogens is 731 g/mol. The van der Waals surface area contributed by atoms with Crippen molar-refractivity contribution in [3.63, 3.8) is 0 Å². The lowest BCUT2D eigenvalue weighted by molar-refractivity contribution is 0.709. The van der Waals surface area contributed by atoms with E-state index < -0.39 is 10.0 Å². The Balaban J connectivity index is 1.32. The maximum absolute atomic E-state index is 2.53. The van der Waals surface area contributed by atoms with Crippen LogP contribution >= 0.6 is 10.0 Å². The Hall–Kier alpha value is -5.83. The van der Waals surface area contributed by atoms with Crippen molar-refractivity contribution in [3.8, 4) is 11.1 Å². The van der Waals surface area contributed by atoms with E-state index in [2.05, 4.69) is 235 Å². The lowest BCUT2D eigenvalue weighted by Gasteiger charge is -2.57. The van der Waals surface area contributed by atoms with Crippen LogP contribution in [-0.4, -0.2) is 15.7 Å². The predicted molar refractivity (Wildman–Crippen MR) is 262 cm³/mol. The third-order valence-corrected chi connectivity index (χ3v) is 19.1. The molecule has 0 heterocycles. The smallest absolute Gasteiger partial charge is 0.0618 e. The normalized spacial score (nSPS) is 12.7. The van der Waals surface area contributed by atoms with Gasteiger partial charge in [-0.05, 0) is 124 Å². The van der Waals surface area contributed by atoms with Gasteiger partial charge in [0.2, 0.25) is 0 Å². The minimum absolute atomic E-state index is 0.141. The lowest BCUT2D eigenvalue weighted by atomic mass is 9.82. The van der Waals surface area contributed by atoms with E-state index in [4.69, 9.17) is 0 Å². The number of nitrogens with zero attached hydrogens (tertiary/aromatic N) is 1. The summed E-state index contributed by atoms with van der Waals surface area (Å²) in [4.78, 5) is 3.95. The quantitative estimate of drug-likeness (QED) is 0.139. The van der Waals surface area contributed by atoms with Gasteiger partial charge < -0.3 is 4.90 Å². The van der Waals surface area contributed by atoms with Crippen LogP contribution in [0, 0.1) is 0 Å². The van der Waals surface area contributed by atoms with Gasteiger partial charge in [0.1, 0.15) is 0 Å². The van der Waals surface area contributed by atoms with Crippen LogP contribution in [0.2, 0.25) is 0 Å². The molecule has 0 spiro atoms. The Kier molecular flexibility index (Phi) is 9.89. The van der Waals surface area contributed by atoms with Crippen molar-refractivity contribution in [3.05, 3.63) is 193 Å². The third kappa shape index (κ3) is 6.59. The van der Waals surface area contributed by atoms with Crippen LogP contribution in [0.5, 0.6) is 0 Å². The molecule has 0 aliphatic rings. The highest BCUT2D eigenvalue weighted by molar-refractivity contribution is 8.35. The SMILES string of the molecule is CC(C)(C)S(C)(c1ccc(N(c2ccccc2)c2c3ccccc3c(-c3c4ccccc4c(CCc4ccccc4)c4ccccc34)c3ccccc23)cc1)C(C)(C)C. The van der Waals surface area contributed by atoms with Crippen LogP contribution < -0.4 is 4.90 Å². The highest BCUT2D eigenvalue weighted by atomic mass is 32.3. The first-order chi connectivity index (χ1) is 28.5. The van der Waals surface area contributed by atoms with Gasteiger partial charge in [-0.1, -0.05) is 187 Å². The molecule has 2 heteroatoms. The highest BCUT2D eigenvalue weighted by Gasteiger charge is 2.43. The van der Waals surface area contributed by atoms with Gasteiger partial charge in [-0.25, -0.2) is 10.0 Å². The first-order valence-electron chi connectivity index (χ1n) is 21.1.